The van der Waals surface area contributed by atoms with Gasteiger partial charge in [0.2, 0.25) is 0 Å². The van der Waals surface area contributed by atoms with Crippen molar-refractivity contribution in [1.82, 2.24) is 0 Å². The molecule has 0 atom stereocenters. The molecule has 0 saturated heterocycles. The van der Waals surface area contributed by atoms with Crippen LogP contribution in [0.3, 0.4) is 0 Å². The fourth-order valence-corrected chi connectivity index (χ4v) is 2.28. The molecule has 0 amide bonds. The topological polar surface area (TPSA) is 27.7 Å². The maximum atomic E-state index is 5.24. The van der Waals surface area contributed by atoms with Crippen LogP contribution in [-0.4, -0.2) is 21.3 Å². The molecule has 22 heavy (non-hydrogen) atoms. The average molecular weight is 314 g/mol. The van der Waals surface area contributed by atoms with Crippen molar-refractivity contribution in [3.63, 3.8) is 0 Å². The molecule has 0 fully saturated rings. The molecule has 2 aromatic carbocycles. The monoisotopic (exact) mass is 314 g/mol. The Labute approximate surface area is 135 Å². The van der Waals surface area contributed by atoms with E-state index in [1.165, 1.54) is 17.6 Å². The summed E-state index contributed by atoms with van der Waals surface area (Å²) in [6.07, 6.45) is 0. The number of rotatable bonds is 5. The molecule has 0 spiro atoms. The quantitative estimate of drug-likeness (QED) is 0.618. The van der Waals surface area contributed by atoms with Gasteiger partial charge in [0.15, 0.2) is 0 Å². The van der Waals surface area contributed by atoms with Crippen LogP contribution >= 0.6 is 12.0 Å². The van der Waals surface area contributed by atoms with Gasteiger partial charge in [0.1, 0.15) is 11.5 Å². The molecule has 0 radical (unpaired) electrons. The highest BCUT2D eigenvalue weighted by molar-refractivity contribution is 7.93. The second-order valence-corrected chi connectivity index (χ2v) is 5.33. The van der Waals surface area contributed by atoms with Gasteiger partial charge >= 0.3 is 0 Å². The first-order valence-electron chi connectivity index (χ1n) is 6.75. The van der Waals surface area contributed by atoms with E-state index in [0.717, 1.165) is 28.4 Å². The first-order valence-corrected chi connectivity index (χ1v) is 7.66. The largest absolute Gasteiger partial charge is 0.497 e. The average Bonchev–Trinajstić information content (AvgIpc) is 2.58. The molecular formula is C18H18O3S. The third kappa shape index (κ3) is 4.73. The molecule has 3 nitrogen and oxygen atoms in total. The van der Waals surface area contributed by atoms with Gasteiger partial charge in [0, 0.05) is 22.9 Å². The zero-order chi connectivity index (χ0) is 15.8. The van der Waals surface area contributed by atoms with E-state index in [0.29, 0.717) is 0 Å². The molecule has 0 aliphatic rings. The highest BCUT2D eigenvalue weighted by Gasteiger charge is 1.99. The van der Waals surface area contributed by atoms with Gasteiger partial charge in [0.05, 0.1) is 21.3 Å². The molecule has 0 N–H and O–H groups in total. The lowest BCUT2D eigenvalue weighted by atomic mass is 10.1. The summed E-state index contributed by atoms with van der Waals surface area (Å²) in [5.41, 5.74) is 3.03. The zero-order valence-electron chi connectivity index (χ0n) is 12.9. The van der Waals surface area contributed by atoms with Crippen molar-refractivity contribution >= 4 is 12.0 Å². The van der Waals surface area contributed by atoms with Crippen molar-refractivity contribution in [2.45, 2.75) is 5.75 Å². The highest BCUT2D eigenvalue weighted by Crippen LogP contribution is 2.22. The Hall–Kier alpha value is -2.09. The van der Waals surface area contributed by atoms with E-state index >= 15 is 0 Å². The third-order valence-electron chi connectivity index (χ3n) is 3.00. The van der Waals surface area contributed by atoms with Gasteiger partial charge in [-0.25, -0.2) is 0 Å². The number of hydrogen-bond acceptors (Lipinski definition) is 4. The molecule has 0 saturated carbocycles. The molecule has 0 bridgehead atoms. The van der Waals surface area contributed by atoms with Gasteiger partial charge in [-0.2, -0.15) is 0 Å². The smallest absolute Gasteiger partial charge is 0.123 e. The van der Waals surface area contributed by atoms with E-state index in [9.17, 15) is 0 Å². The molecule has 0 aliphatic heterocycles. The summed E-state index contributed by atoms with van der Waals surface area (Å²) in [6.45, 7) is 0. The van der Waals surface area contributed by atoms with Crippen LogP contribution in [-0.2, 0) is 9.94 Å². The van der Waals surface area contributed by atoms with Crippen molar-refractivity contribution in [2.75, 3.05) is 21.3 Å². The van der Waals surface area contributed by atoms with Crippen LogP contribution in [0.25, 0.3) is 0 Å². The predicted molar refractivity (Wildman–Crippen MR) is 90.3 cm³/mol. The summed E-state index contributed by atoms with van der Waals surface area (Å²) in [5, 5.41) is 0. The van der Waals surface area contributed by atoms with Crippen LogP contribution in [0.2, 0.25) is 0 Å². The second kappa shape index (κ2) is 8.38. The highest BCUT2D eigenvalue weighted by atomic mass is 32.2. The lowest BCUT2D eigenvalue weighted by molar-refractivity contribution is 0.394. The van der Waals surface area contributed by atoms with E-state index in [1.807, 2.05) is 30.3 Å². The van der Waals surface area contributed by atoms with Crippen molar-refractivity contribution < 1.29 is 13.7 Å². The van der Waals surface area contributed by atoms with Crippen LogP contribution in [0.5, 0.6) is 11.5 Å². The summed E-state index contributed by atoms with van der Waals surface area (Å²) in [4.78, 5) is 0. The molecule has 114 valence electrons. The minimum atomic E-state index is 0.732. The van der Waals surface area contributed by atoms with E-state index in [1.54, 1.807) is 21.3 Å². The molecule has 0 unspecified atom stereocenters. The van der Waals surface area contributed by atoms with E-state index in [2.05, 4.69) is 24.0 Å². The summed E-state index contributed by atoms with van der Waals surface area (Å²) in [6, 6.07) is 13.7. The molecular weight excluding hydrogens is 296 g/mol. The summed E-state index contributed by atoms with van der Waals surface area (Å²) < 4.78 is 15.5. The van der Waals surface area contributed by atoms with E-state index in [4.69, 9.17) is 13.7 Å². The third-order valence-corrected chi connectivity index (χ3v) is 3.69. The Balaban J connectivity index is 2.15. The lowest BCUT2D eigenvalue weighted by Gasteiger charge is -2.04. The fourth-order valence-electron chi connectivity index (χ4n) is 1.84. The van der Waals surface area contributed by atoms with Gasteiger partial charge in [-0.3, -0.25) is 0 Å². The van der Waals surface area contributed by atoms with Crippen molar-refractivity contribution in [3.8, 4) is 23.3 Å². The van der Waals surface area contributed by atoms with Crippen LogP contribution in [0.15, 0.2) is 42.5 Å². The molecule has 4 heteroatoms. The normalized spacial score (nSPS) is 9.77. The van der Waals surface area contributed by atoms with Crippen molar-refractivity contribution in [1.29, 1.82) is 0 Å². The lowest BCUT2D eigenvalue weighted by Crippen LogP contribution is -1.88. The van der Waals surface area contributed by atoms with E-state index < -0.39 is 0 Å². The first kappa shape index (κ1) is 16.3. The fraction of sp³-hybridized carbons (Fsp3) is 0.222. The predicted octanol–water partition coefficient (Wildman–Crippen LogP) is 3.90. The molecule has 2 aromatic rings. The van der Waals surface area contributed by atoms with Gasteiger partial charge in [-0.1, -0.05) is 24.0 Å². The van der Waals surface area contributed by atoms with Crippen LogP contribution < -0.4 is 9.47 Å². The minimum Gasteiger partial charge on any atom is -0.497 e. The number of methoxy groups -OCH3 is 2. The molecule has 0 aromatic heterocycles. The van der Waals surface area contributed by atoms with Gasteiger partial charge in [0.25, 0.3) is 0 Å². The minimum absolute atomic E-state index is 0.732. The summed E-state index contributed by atoms with van der Waals surface area (Å²) in [5.74, 6) is 8.58. The number of hydrogen-bond donors (Lipinski definition) is 0. The second-order valence-electron chi connectivity index (χ2n) is 4.48. The molecule has 2 rings (SSSR count). The van der Waals surface area contributed by atoms with Gasteiger partial charge in [-0.05, 0) is 41.9 Å². The maximum absolute atomic E-state index is 5.24. The first-order chi connectivity index (χ1) is 10.7. The molecule has 0 heterocycles. The molecule has 0 aliphatic carbocycles. The van der Waals surface area contributed by atoms with Crippen LogP contribution in [0, 0.1) is 11.8 Å². The summed E-state index contributed by atoms with van der Waals surface area (Å²) in [7, 11) is 4.93. The standard InChI is InChI=1S/C18H18O3S/c1-19-17-10-16(11-18(12-17)20-2)9-6-14-4-7-15(8-5-14)13-22-21-3/h4-5,7-8,10-12H,13H2,1-3H3. The van der Waals surface area contributed by atoms with Crippen LogP contribution in [0.4, 0.5) is 0 Å². The van der Waals surface area contributed by atoms with Gasteiger partial charge < -0.3 is 13.7 Å². The Bertz CT molecular complexity index is 647. The number of ether oxygens (including phenoxy) is 2. The SMILES string of the molecule is COSCc1ccc(C#Cc2cc(OC)cc(OC)c2)cc1. The van der Waals surface area contributed by atoms with Crippen molar-refractivity contribution in [3.05, 3.63) is 59.2 Å². The maximum Gasteiger partial charge on any atom is 0.123 e. The Morgan fingerprint density at radius 3 is 1.95 bits per heavy atom. The zero-order valence-corrected chi connectivity index (χ0v) is 13.7. The van der Waals surface area contributed by atoms with Gasteiger partial charge in [-0.15, -0.1) is 0 Å². The van der Waals surface area contributed by atoms with E-state index in [-0.39, 0.29) is 0 Å². The Kier molecular flexibility index (Phi) is 6.20. The van der Waals surface area contributed by atoms with Crippen LogP contribution in [0.1, 0.15) is 16.7 Å². The Morgan fingerprint density at radius 1 is 0.818 bits per heavy atom. The Morgan fingerprint density at radius 2 is 1.41 bits per heavy atom. The number of benzene rings is 2. The summed E-state index contributed by atoms with van der Waals surface area (Å²) >= 11 is 1.42. The van der Waals surface area contributed by atoms with Crippen molar-refractivity contribution in [2.24, 2.45) is 0 Å².